The summed E-state index contributed by atoms with van der Waals surface area (Å²) in [4.78, 5) is 0. The predicted molar refractivity (Wildman–Crippen MR) is 140 cm³/mol. The molecule has 1 aliphatic heterocycles. The van der Waals surface area contributed by atoms with Gasteiger partial charge in [0.05, 0.1) is 11.0 Å². The van der Waals surface area contributed by atoms with E-state index in [1.807, 2.05) is 0 Å². The first kappa shape index (κ1) is 17.4. The van der Waals surface area contributed by atoms with Gasteiger partial charge >= 0.3 is 0 Å². The molecule has 0 unspecified atom stereocenters. The number of hydrogen-bond donors (Lipinski definition) is 0. The Balaban J connectivity index is 1.40. The average Bonchev–Trinajstić information content (AvgIpc) is 3.54. The lowest BCUT2D eigenvalue weighted by Gasteiger charge is -2.21. The second-order valence-electron chi connectivity index (χ2n) is 10.1. The lowest BCUT2D eigenvalue weighted by Crippen LogP contribution is -2.08. The highest BCUT2D eigenvalue weighted by molar-refractivity contribution is 6.14. The second kappa shape index (κ2) is 5.87. The summed E-state index contributed by atoms with van der Waals surface area (Å²) in [5.41, 5.74) is 18.7. The Hall–Kier alpha value is -4.10. The van der Waals surface area contributed by atoms with Gasteiger partial charge in [0.2, 0.25) is 0 Å². The van der Waals surface area contributed by atoms with Crippen LogP contribution in [0.25, 0.3) is 49.7 Å². The van der Waals surface area contributed by atoms with E-state index in [1.165, 1.54) is 83.1 Å². The lowest BCUT2D eigenvalue weighted by molar-refractivity contribution is 1.04. The number of para-hydroxylation sites is 2. The minimum absolute atomic E-state index is 1.01. The maximum absolute atomic E-state index is 2.58. The van der Waals surface area contributed by atoms with E-state index in [9.17, 15) is 0 Å². The maximum Gasteiger partial charge on any atom is 0.0582 e. The summed E-state index contributed by atoms with van der Waals surface area (Å²) in [6.45, 7) is 0. The van der Waals surface area contributed by atoms with E-state index in [1.54, 1.807) is 0 Å². The molecule has 6 aromatic rings. The molecule has 0 saturated heterocycles. The molecule has 0 spiro atoms. The molecular formula is C33H21N. The number of benzene rings is 5. The van der Waals surface area contributed by atoms with Crippen LogP contribution in [-0.2, 0) is 19.3 Å². The molecule has 2 aliphatic carbocycles. The number of rotatable bonds is 0. The number of hydrogen-bond acceptors (Lipinski definition) is 0. The standard InChI is InChI=1S/C33H21N/c1-3-9-23-19(6-1)16-21-12-13-24-25-14-15-27-26-10-5-8-22-17-20-7-2-4-11-30(20)34(32(22)26)33(27)29(25)18-28(24)31(21)23/h1-15H,16-18H2. The Morgan fingerprint density at radius 2 is 1.18 bits per heavy atom. The maximum atomic E-state index is 2.58. The third-order valence-corrected chi connectivity index (χ3v) is 8.46. The summed E-state index contributed by atoms with van der Waals surface area (Å²) in [5, 5.41) is 2.77. The molecule has 1 nitrogen and oxygen atoms in total. The van der Waals surface area contributed by atoms with Crippen molar-refractivity contribution in [1.82, 2.24) is 4.57 Å². The molecule has 0 atom stereocenters. The molecule has 3 aliphatic rings. The van der Waals surface area contributed by atoms with Crippen LogP contribution in [0, 0.1) is 0 Å². The van der Waals surface area contributed by atoms with Crippen LogP contribution in [0.15, 0.2) is 91.0 Å². The zero-order valence-corrected chi connectivity index (χ0v) is 18.7. The van der Waals surface area contributed by atoms with Crippen LogP contribution >= 0.6 is 0 Å². The smallest absolute Gasteiger partial charge is 0.0582 e. The largest absolute Gasteiger partial charge is 0.308 e. The quantitative estimate of drug-likeness (QED) is 0.231. The van der Waals surface area contributed by atoms with Crippen LogP contribution in [0.4, 0.5) is 0 Å². The van der Waals surface area contributed by atoms with Crippen molar-refractivity contribution in [2.75, 3.05) is 0 Å². The summed E-state index contributed by atoms with van der Waals surface area (Å²) in [6.07, 6.45) is 3.07. The molecule has 9 rings (SSSR count). The first-order valence-corrected chi connectivity index (χ1v) is 12.3. The minimum Gasteiger partial charge on any atom is -0.308 e. The van der Waals surface area contributed by atoms with E-state index in [4.69, 9.17) is 0 Å². The van der Waals surface area contributed by atoms with Crippen molar-refractivity contribution >= 4 is 21.8 Å². The van der Waals surface area contributed by atoms with Crippen LogP contribution in [-0.4, -0.2) is 4.57 Å². The molecule has 158 valence electrons. The van der Waals surface area contributed by atoms with E-state index < -0.39 is 0 Å². The van der Waals surface area contributed by atoms with Crippen LogP contribution in [0.2, 0.25) is 0 Å². The van der Waals surface area contributed by atoms with Gasteiger partial charge in [-0.2, -0.15) is 0 Å². The highest BCUT2D eigenvalue weighted by Crippen LogP contribution is 2.51. The van der Waals surface area contributed by atoms with Crippen molar-refractivity contribution in [1.29, 1.82) is 0 Å². The van der Waals surface area contributed by atoms with E-state index in [0.717, 1.165) is 19.3 Å². The molecular weight excluding hydrogens is 410 g/mol. The number of nitrogens with zero attached hydrogens (tertiary/aromatic N) is 1. The molecule has 0 saturated carbocycles. The molecule has 34 heavy (non-hydrogen) atoms. The lowest BCUT2D eigenvalue weighted by atomic mass is 9.95. The normalized spacial score (nSPS) is 14.1. The van der Waals surface area contributed by atoms with Gasteiger partial charge < -0.3 is 4.57 Å². The molecule has 0 N–H and O–H groups in total. The van der Waals surface area contributed by atoms with Crippen LogP contribution in [0.1, 0.15) is 33.4 Å². The van der Waals surface area contributed by atoms with E-state index in [-0.39, 0.29) is 0 Å². The van der Waals surface area contributed by atoms with Crippen molar-refractivity contribution in [3.8, 4) is 27.9 Å². The highest BCUT2D eigenvalue weighted by Gasteiger charge is 2.31. The summed E-state index contributed by atoms with van der Waals surface area (Å²) in [7, 11) is 0. The predicted octanol–water partition coefficient (Wildman–Crippen LogP) is 7.83. The topological polar surface area (TPSA) is 4.93 Å². The summed E-state index contributed by atoms with van der Waals surface area (Å²) in [5.74, 6) is 0. The van der Waals surface area contributed by atoms with Gasteiger partial charge in [0.1, 0.15) is 0 Å². The van der Waals surface area contributed by atoms with Gasteiger partial charge in [-0.05, 0) is 68.1 Å². The van der Waals surface area contributed by atoms with Gasteiger partial charge in [0, 0.05) is 29.3 Å². The summed E-state index contributed by atoms with van der Waals surface area (Å²) >= 11 is 0. The molecule has 0 fully saturated rings. The first-order valence-electron chi connectivity index (χ1n) is 12.3. The fourth-order valence-corrected chi connectivity index (χ4v) is 7.11. The summed E-state index contributed by atoms with van der Waals surface area (Å²) in [6, 6.07) is 34.3. The zero-order valence-electron chi connectivity index (χ0n) is 18.7. The third-order valence-electron chi connectivity index (χ3n) is 8.46. The van der Waals surface area contributed by atoms with Crippen LogP contribution < -0.4 is 0 Å². The molecule has 5 aromatic carbocycles. The Morgan fingerprint density at radius 1 is 0.441 bits per heavy atom. The summed E-state index contributed by atoms with van der Waals surface area (Å²) < 4.78 is 2.58. The third kappa shape index (κ3) is 1.94. The fourth-order valence-electron chi connectivity index (χ4n) is 7.11. The van der Waals surface area contributed by atoms with Crippen molar-refractivity contribution in [3.05, 3.63) is 124 Å². The second-order valence-corrected chi connectivity index (χ2v) is 10.1. The molecule has 1 aromatic heterocycles. The monoisotopic (exact) mass is 431 g/mol. The fraction of sp³-hybridized carbons (Fsp3) is 0.0909. The van der Waals surface area contributed by atoms with Crippen molar-refractivity contribution in [3.63, 3.8) is 0 Å². The van der Waals surface area contributed by atoms with Gasteiger partial charge in [-0.1, -0.05) is 84.9 Å². The molecule has 0 amide bonds. The molecule has 0 radical (unpaired) electrons. The van der Waals surface area contributed by atoms with Gasteiger partial charge in [-0.3, -0.25) is 0 Å². The Morgan fingerprint density at radius 3 is 2.15 bits per heavy atom. The van der Waals surface area contributed by atoms with Crippen LogP contribution in [0.5, 0.6) is 0 Å². The molecule has 0 bridgehead atoms. The molecule has 1 heteroatoms. The van der Waals surface area contributed by atoms with Gasteiger partial charge in [0.15, 0.2) is 0 Å². The van der Waals surface area contributed by atoms with Crippen molar-refractivity contribution < 1.29 is 0 Å². The highest BCUT2D eigenvalue weighted by atomic mass is 15.0. The van der Waals surface area contributed by atoms with E-state index >= 15 is 0 Å². The average molecular weight is 432 g/mol. The first-order chi connectivity index (χ1) is 16.9. The Bertz CT molecular complexity index is 1880. The van der Waals surface area contributed by atoms with E-state index in [2.05, 4.69) is 95.6 Å². The zero-order chi connectivity index (χ0) is 22.0. The van der Waals surface area contributed by atoms with Crippen molar-refractivity contribution in [2.45, 2.75) is 19.3 Å². The number of aromatic nitrogens is 1. The van der Waals surface area contributed by atoms with Gasteiger partial charge in [-0.25, -0.2) is 0 Å². The van der Waals surface area contributed by atoms with E-state index in [0.29, 0.717) is 0 Å². The van der Waals surface area contributed by atoms with Crippen molar-refractivity contribution in [2.24, 2.45) is 0 Å². The van der Waals surface area contributed by atoms with Crippen LogP contribution in [0.3, 0.4) is 0 Å². The Kier molecular flexibility index (Phi) is 3.00. The molecule has 2 heterocycles. The van der Waals surface area contributed by atoms with Gasteiger partial charge in [-0.15, -0.1) is 0 Å². The van der Waals surface area contributed by atoms with Gasteiger partial charge in [0.25, 0.3) is 0 Å². The Labute approximate surface area is 197 Å². The minimum atomic E-state index is 1.01. The SMILES string of the molecule is c1ccc2c(c1)Cc1ccc3c(c1-2)Cc1c-3ccc2c3cccc4c3n(c12)-c1ccccc1C4. The number of fused-ring (bicyclic) bond motifs is 13.